The van der Waals surface area contributed by atoms with Gasteiger partial charge in [-0.1, -0.05) is 30.7 Å². The maximum Gasteiger partial charge on any atom is 0.127 e. The fourth-order valence-corrected chi connectivity index (χ4v) is 3.71. The number of methoxy groups -OCH3 is 1. The molecule has 114 valence electrons. The highest BCUT2D eigenvalue weighted by Crippen LogP contribution is 2.38. The number of rotatable bonds is 6. The first-order valence-corrected chi connectivity index (χ1v) is 8.46. The smallest absolute Gasteiger partial charge is 0.127 e. The van der Waals surface area contributed by atoms with Gasteiger partial charge in [-0.2, -0.15) is 0 Å². The van der Waals surface area contributed by atoms with Crippen LogP contribution in [0.4, 0.5) is 0 Å². The van der Waals surface area contributed by atoms with Crippen LogP contribution in [0.2, 0.25) is 5.02 Å². The third-order valence-corrected chi connectivity index (χ3v) is 5.15. The maximum absolute atomic E-state index is 6.36. The highest BCUT2D eigenvalue weighted by molar-refractivity contribution is 7.10. The van der Waals surface area contributed by atoms with E-state index in [4.69, 9.17) is 16.3 Å². The van der Waals surface area contributed by atoms with E-state index in [1.807, 2.05) is 11.4 Å². The molecule has 0 spiro atoms. The number of halogens is 1. The van der Waals surface area contributed by atoms with Gasteiger partial charge in [0.15, 0.2) is 0 Å². The van der Waals surface area contributed by atoms with Gasteiger partial charge in [0.2, 0.25) is 0 Å². The molecule has 0 saturated carbocycles. The number of hydrogen-bond acceptors (Lipinski definition) is 3. The molecular formula is C17H22ClNOS. The number of nitrogens with one attached hydrogen (secondary N) is 1. The summed E-state index contributed by atoms with van der Waals surface area (Å²) in [5.41, 5.74) is 3.58. The molecule has 4 heteroatoms. The standard InChI is InChI=1S/C17H22ClNOS/c1-5-9-19-15(17-14(18)8-10-21-17)13-7-6-11(2)12(3)16(13)20-4/h6-8,10,15,19H,5,9H2,1-4H3. The molecule has 1 N–H and O–H groups in total. The van der Waals surface area contributed by atoms with Crippen molar-refractivity contribution in [1.82, 2.24) is 5.32 Å². The Kier molecular flexibility index (Phi) is 5.68. The average Bonchev–Trinajstić information content (AvgIpc) is 2.89. The Hall–Kier alpha value is -1.03. The summed E-state index contributed by atoms with van der Waals surface area (Å²) in [6, 6.07) is 6.32. The largest absolute Gasteiger partial charge is 0.496 e. The normalized spacial score (nSPS) is 12.4. The van der Waals surface area contributed by atoms with E-state index in [1.165, 1.54) is 11.1 Å². The zero-order valence-corrected chi connectivity index (χ0v) is 14.6. The van der Waals surface area contributed by atoms with Gasteiger partial charge in [-0.05, 0) is 49.4 Å². The van der Waals surface area contributed by atoms with Crippen molar-refractivity contribution in [2.24, 2.45) is 0 Å². The molecule has 1 atom stereocenters. The van der Waals surface area contributed by atoms with Crippen molar-refractivity contribution < 1.29 is 4.74 Å². The molecule has 0 fully saturated rings. The van der Waals surface area contributed by atoms with Gasteiger partial charge < -0.3 is 10.1 Å². The van der Waals surface area contributed by atoms with Crippen LogP contribution in [0.15, 0.2) is 23.6 Å². The van der Waals surface area contributed by atoms with Gasteiger partial charge in [-0.25, -0.2) is 0 Å². The molecule has 0 radical (unpaired) electrons. The highest BCUT2D eigenvalue weighted by Gasteiger charge is 2.22. The number of thiophene rings is 1. The van der Waals surface area contributed by atoms with Crippen molar-refractivity contribution >= 4 is 22.9 Å². The SMILES string of the molecule is CCCNC(c1ccc(C)c(C)c1OC)c1sccc1Cl. The van der Waals surface area contributed by atoms with E-state index in [2.05, 4.69) is 38.2 Å². The van der Waals surface area contributed by atoms with E-state index < -0.39 is 0 Å². The molecule has 0 aliphatic carbocycles. The molecule has 0 aliphatic rings. The molecule has 1 heterocycles. The average molecular weight is 324 g/mol. The van der Waals surface area contributed by atoms with Gasteiger partial charge in [-0.15, -0.1) is 11.3 Å². The Morgan fingerprint density at radius 1 is 1.29 bits per heavy atom. The van der Waals surface area contributed by atoms with Gasteiger partial charge in [0.25, 0.3) is 0 Å². The Balaban J connectivity index is 2.51. The third kappa shape index (κ3) is 3.42. The summed E-state index contributed by atoms with van der Waals surface area (Å²) in [7, 11) is 1.73. The predicted molar refractivity (Wildman–Crippen MR) is 91.9 cm³/mol. The Bertz CT molecular complexity index is 609. The Labute approximate surface area is 136 Å². The second-order valence-electron chi connectivity index (χ2n) is 5.15. The molecule has 1 aromatic carbocycles. The molecule has 0 amide bonds. The minimum absolute atomic E-state index is 0.0756. The molecule has 2 nitrogen and oxygen atoms in total. The summed E-state index contributed by atoms with van der Waals surface area (Å²) in [5.74, 6) is 0.952. The van der Waals surface area contributed by atoms with Gasteiger partial charge in [0.1, 0.15) is 5.75 Å². The monoisotopic (exact) mass is 323 g/mol. The lowest BCUT2D eigenvalue weighted by atomic mass is 9.98. The van der Waals surface area contributed by atoms with Crippen molar-refractivity contribution in [2.45, 2.75) is 33.2 Å². The predicted octanol–water partition coefficient (Wildman–Crippen LogP) is 5.12. The molecule has 2 rings (SSSR count). The molecule has 21 heavy (non-hydrogen) atoms. The first-order chi connectivity index (χ1) is 10.1. The van der Waals surface area contributed by atoms with Crippen LogP contribution in [0, 0.1) is 13.8 Å². The second kappa shape index (κ2) is 7.30. The van der Waals surface area contributed by atoms with Crippen LogP contribution in [0.25, 0.3) is 0 Å². The van der Waals surface area contributed by atoms with Crippen LogP contribution in [0.3, 0.4) is 0 Å². The van der Waals surface area contributed by atoms with E-state index in [1.54, 1.807) is 18.4 Å². The molecule has 0 saturated heterocycles. The van der Waals surface area contributed by atoms with E-state index in [0.717, 1.165) is 34.2 Å². The molecule has 0 bridgehead atoms. The number of benzene rings is 1. The van der Waals surface area contributed by atoms with E-state index >= 15 is 0 Å². The molecule has 2 aromatic rings. The molecule has 1 unspecified atom stereocenters. The fraction of sp³-hybridized carbons (Fsp3) is 0.412. The number of ether oxygens (including phenoxy) is 1. The van der Waals surface area contributed by atoms with Crippen molar-refractivity contribution in [3.63, 3.8) is 0 Å². The first kappa shape index (κ1) is 16.3. The quantitative estimate of drug-likeness (QED) is 0.797. The van der Waals surface area contributed by atoms with Crippen LogP contribution >= 0.6 is 22.9 Å². The maximum atomic E-state index is 6.36. The summed E-state index contributed by atoms with van der Waals surface area (Å²) < 4.78 is 5.68. The van der Waals surface area contributed by atoms with Gasteiger partial charge >= 0.3 is 0 Å². The lowest BCUT2D eigenvalue weighted by molar-refractivity contribution is 0.400. The molecule has 0 aliphatic heterocycles. The van der Waals surface area contributed by atoms with E-state index in [9.17, 15) is 0 Å². The van der Waals surface area contributed by atoms with Crippen LogP contribution < -0.4 is 10.1 Å². The highest BCUT2D eigenvalue weighted by atomic mass is 35.5. The second-order valence-corrected chi connectivity index (χ2v) is 6.50. The fourth-order valence-electron chi connectivity index (χ4n) is 2.45. The van der Waals surface area contributed by atoms with Gasteiger partial charge in [0.05, 0.1) is 18.2 Å². The molecule has 1 aromatic heterocycles. The lowest BCUT2D eigenvalue weighted by Crippen LogP contribution is -2.23. The van der Waals surface area contributed by atoms with E-state index in [-0.39, 0.29) is 6.04 Å². The van der Waals surface area contributed by atoms with Crippen molar-refractivity contribution in [3.05, 3.63) is 50.2 Å². The Morgan fingerprint density at radius 3 is 2.62 bits per heavy atom. The minimum Gasteiger partial charge on any atom is -0.496 e. The summed E-state index contributed by atoms with van der Waals surface area (Å²) in [5, 5.41) is 6.44. The van der Waals surface area contributed by atoms with Crippen molar-refractivity contribution in [2.75, 3.05) is 13.7 Å². The van der Waals surface area contributed by atoms with Gasteiger partial charge in [-0.3, -0.25) is 0 Å². The van der Waals surface area contributed by atoms with Crippen LogP contribution in [-0.2, 0) is 0 Å². The van der Waals surface area contributed by atoms with Crippen molar-refractivity contribution in [3.8, 4) is 5.75 Å². The molecular weight excluding hydrogens is 302 g/mol. The summed E-state index contributed by atoms with van der Waals surface area (Å²) in [6.45, 7) is 7.31. The first-order valence-electron chi connectivity index (χ1n) is 7.20. The lowest BCUT2D eigenvalue weighted by Gasteiger charge is -2.22. The summed E-state index contributed by atoms with van der Waals surface area (Å²) in [4.78, 5) is 1.15. The van der Waals surface area contributed by atoms with Crippen LogP contribution in [0.1, 0.15) is 41.0 Å². The Morgan fingerprint density at radius 2 is 2.05 bits per heavy atom. The van der Waals surface area contributed by atoms with Crippen LogP contribution in [-0.4, -0.2) is 13.7 Å². The van der Waals surface area contributed by atoms with Crippen LogP contribution in [0.5, 0.6) is 5.75 Å². The van der Waals surface area contributed by atoms with E-state index in [0.29, 0.717) is 0 Å². The summed E-state index contributed by atoms with van der Waals surface area (Å²) in [6.07, 6.45) is 1.08. The zero-order chi connectivity index (χ0) is 15.4. The number of hydrogen-bond donors (Lipinski definition) is 1. The third-order valence-electron chi connectivity index (χ3n) is 3.73. The number of aryl methyl sites for hydroxylation is 1. The van der Waals surface area contributed by atoms with Crippen molar-refractivity contribution in [1.29, 1.82) is 0 Å². The topological polar surface area (TPSA) is 21.3 Å². The minimum atomic E-state index is 0.0756. The summed E-state index contributed by atoms with van der Waals surface area (Å²) >= 11 is 8.04. The zero-order valence-electron chi connectivity index (χ0n) is 13.0. The van der Waals surface area contributed by atoms with Gasteiger partial charge in [0, 0.05) is 10.4 Å².